The summed E-state index contributed by atoms with van der Waals surface area (Å²) in [7, 11) is 1.61. The van der Waals surface area contributed by atoms with E-state index >= 15 is 0 Å². The molecule has 2 rings (SSSR count). The average molecular weight is 289 g/mol. The van der Waals surface area contributed by atoms with E-state index in [1.54, 1.807) is 19.2 Å². The van der Waals surface area contributed by atoms with Gasteiger partial charge in [0.2, 0.25) is 0 Å². The molecule has 1 heterocycles. The van der Waals surface area contributed by atoms with Crippen LogP contribution in [0.3, 0.4) is 0 Å². The van der Waals surface area contributed by atoms with Crippen LogP contribution in [-0.4, -0.2) is 15.7 Å². The number of aromatic nitrogens is 2. The molecule has 0 aliphatic carbocycles. The van der Waals surface area contributed by atoms with Gasteiger partial charge in [0.1, 0.15) is 6.07 Å². The zero-order chi connectivity index (χ0) is 14.9. The maximum atomic E-state index is 11.6. The summed E-state index contributed by atoms with van der Waals surface area (Å²) in [5.74, 6) is -0.812. The van der Waals surface area contributed by atoms with Crippen molar-refractivity contribution < 1.29 is 4.79 Å². The summed E-state index contributed by atoms with van der Waals surface area (Å²) in [5.41, 5.74) is 7.18. The highest BCUT2D eigenvalue weighted by Crippen LogP contribution is 2.28. The Hall–Kier alpha value is -2.32. The second-order valence-electron chi connectivity index (χ2n) is 4.48. The van der Waals surface area contributed by atoms with Crippen LogP contribution in [0.4, 0.5) is 0 Å². The van der Waals surface area contributed by atoms with Crippen LogP contribution in [0.2, 0.25) is 5.02 Å². The minimum Gasteiger partial charge on any atom is -0.365 e. The number of nitrogens with two attached hydrogens (primary N) is 1. The van der Waals surface area contributed by atoms with Gasteiger partial charge in [-0.25, -0.2) is 0 Å². The summed E-state index contributed by atoms with van der Waals surface area (Å²) in [6, 6.07) is 9.22. The second-order valence-corrected chi connectivity index (χ2v) is 4.92. The van der Waals surface area contributed by atoms with E-state index in [0.29, 0.717) is 10.7 Å². The number of nitriles is 1. The number of amides is 1. The molecule has 1 aromatic heterocycles. The first-order valence-electron chi connectivity index (χ1n) is 5.98. The van der Waals surface area contributed by atoms with Crippen LogP contribution in [0, 0.1) is 11.3 Å². The van der Waals surface area contributed by atoms with Crippen molar-refractivity contribution in [2.45, 2.75) is 12.8 Å². The maximum Gasteiger partial charge on any atom is 0.253 e. The third-order valence-electron chi connectivity index (χ3n) is 3.21. The van der Waals surface area contributed by atoms with Crippen LogP contribution in [-0.2, 0) is 7.05 Å². The van der Waals surface area contributed by atoms with Crippen LogP contribution in [0.15, 0.2) is 24.3 Å². The van der Waals surface area contributed by atoms with Gasteiger partial charge in [-0.1, -0.05) is 30.7 Å². The molecular formula is C14H13ClN4O. The fourth-order valence-corrected chi connectivity index (χ4v) is 2.25. The van der Waals surface area contributed by atoms with Gasteiger partial charge in [-0.3, -0.25) is 9.48 Å². The van der Waals surface area contributed by atoms with E-state index < -0.39 is 5.91 Å². The summed E-state index contributed by atoms with van der Waals surface area (Å²) in [5, 5.41) is 14.0. The number of carbonyl (C=O) groups is 1. The predicted molar refractivity (Wildman–Crippen MR) is 75.4 cm³/mol. The van der Waals surface area contributed by atoms with Crippen molar-refractivity contribution in [2.75, 3.05) is 0 Å². The molecule has 20 heavy (non-hydrogen) atoms. The third-order valence-corrected chi connectivity index (χ3v) is 3.46. The standard InChI is InChI=1S/C14H13ClN4O/c1-8(9-3-5-10(15)6-4-9)13-12(14(17)20)11(7-16)19(2)18-13/h3-6,8H,1-2H3,(H2,17,20). The first-order chi connectivity index (χ1) is 9.45. The van der Waals surface area contributed by atoms with E-state index in [9.17, 15) is 4.79 Å². The molecule has 0 radical (unpaired) electrons. The van der Waals surface area contributed by atoms with Gasteiger partial charge in [0.25, 0.3) is 5.91 Å². The summed E-state index contributed by atoms with van der Waals surface area (Å²) in [4.78, 5) is 11.6. The molecule has 6 heteroatoms. The summed E-state index contributed by atoms with van der Waals surface area (Å²) in [6.45, 7) is 1.90. The fraction of sp³-hybridized carbons (Fsp3) is 0.214. The van der Waals surface area contributed by atoms with Crippen LogP contribution in [0.5, 0.6) is 0 Å². The van der Waals surface area contributed by atoms with Crippen molar-refractivity contribution in [1.29, 1.82) is 5.26 Å². The van der Waals surface area contributed by atoms with E-state index in [4.69, 9.17) is 22.6 Å². The van der Waals surface area contributed by atoms with Crippen molar-refractivity contribution in [2.24, 2.45) is 12.8 Å². The number of carbonyl (C=O) groups excluding carboxylic acids is 1. The summed E-state index contributed by atoms with van der Waals surface area (Å²) < 4.78 is 1.38. The van der Waals surface area contributed by atoms with Crippen LogP contribution in [0.25, 0.3) is 0 Å². The molecule has 102 valence electrons. The van der Waals surface area contributed by atoms with Crippen molar-refractivity contribution >= 4 is 17.5 Å². The molecule has 1 unspecified atom stereocenters. The molecule has 0 bridgehead atoms. The van der Waals surface area contributed by atoms with Crippen molar-refractivity contribution in [3.63, 3.8) is 0 Å². The van der Waals surface area contributed by atoms with Crippen molar-refractivity contribution in [1.82, 2.24) is 9.78 Å². The Morgan fingerprint density at radius 1 is 1.45 bits per heavy atom. The average Bonchev–Trinajstić information content (AvgIpc) is 2.75. The molecule has 1 atom stereocenters. The zero-order valence-corrected chi connectivity index (χ0v) is 11.8. The number of halogens is 1. The van der Waals surface area contributed by atoms with Gasteiger partial charge in [0.05, 0.1) is 11.3 Å². The molecule has 1 amide bonds. The Morgan fingerprint density at radius 2 is 2.05 bits per heavy atom. The quantitative estimate of drug-likeness (QED) is 0.939. The Bertz CT molecular complexity index is 697. The third kappa shape index (κ3) is 2.38. The summed E-state index contributed by atoms with van der Waals surface area (Å²) in [6.07, 6.45) is 0. The highest BCUT2D eigenvalue weighted by atomic mass is 35.5. The maximum absolute atomic E-state index is 11.6. The molecule has 0 saturated heterocycles. The minimum absolute atomic E-state index is 0.164. The molecule has 0 aliphatic rings. The Kier molecular flexibility index (Phi) is 3.77. The second kappa shape index (κ2) is 5.35. The SMILES string of the molecule is CC(c1ccc(Cl)cc1)c1nn(C)c(C#N)c1C(N)=O. The monoisotopic (exact) mass is 288 g/mol. The zero-order valence-electron chi connectivity index (χ0n) is 11.1. The lowest BCUT2D eigenvalue weighted by atomic mass is 9.94. The van der Waals surface area contributed by atoms with Crippen LogP contribution >= 0.6 is 11.6 Å². The lowest BCUT2D eigenvalue weighted by molar-refractivity contribution is 0.0999. The Balaban J connectivity index is 2.55. The number of hydrogen-bond acceptors (Lipinski definition) is 3. The van der Waals surface area contributed by atoms with E-state index in [-0.39, 0.29) is 17.2 Å². The van der Waals surface area contributed by atoms with E-state index in [2.05, 4.69) is 5.10 Å². The minimum atomic E-state index is -0.648. The molecule has 0 aliphatic heterocycles. The molecule has 2 aromatic rings. The number of rotatable bonds is 3. The fourth-order valence-electron chi connectivity index (χ4n) is 2.13. The normalized spacial score (nSPS) is 11.9. The molecular weight excluding hydrogens is 276 g/mol. The molecule has 5 nitrogen and oxygen atoms in total. The van der Waals surface area contributed by atoms with Gasteiger partial charge in [-0.15, -0.1) is 0 Å². The van der Waals surface area contributed by atoms with Gasteiger partial charge in [0.15, 0.2) is 5.69 Å². The van der Waals surface area contributed by atoms with Gasteiger partial charge < -0.3 is 5.73 Å². The first kappa shape index (κ1) is 14.1. The lowest BCUT2D eigenvalue weighted by Gasteiger charge is -2.10. The largest absolute Gasteiger partial charge is 0.365 e. The Labute approximate surface area is 121 Å². The highest BCUT2D eigenvalue weighted by Gasteiger charge is 2.25. The predicted octanol–water partition coefficient (Wildman–Crippen LogP) is 2.20. The van der Waals surface area contributed by atoms with Gasteiger partial charge in [-0.05, 0) is 17.7 Å². The molecule has 1 aromatic carbocycles. The number of nitrogens with zero attached hydrogens (tertiary/aromatic N) is 3. The molecule has 0 saturated carbocycles. The number of primary amides is 1. The molecule has 0 spiro atoms. The smallest absolute Gasteiger partial charge is 0.253 e. The topological polar surface area (TPSA) is 84.7 Å². The van der Waals surface area contributed by atoms with Gasteiger partial charge in [-0.2, -0.15) is 10.4 Å². The highest BCUT2D eigenvalue weighted by molar-refractivity contribution is 6.30. The van der Waals surface area contributed by atoms with Crippen molar-refractivity contribution in [3.8, 4) is 6.07 Å². The lowest BCUT2D eigenvalue weighted by Crippen LogP contribution is -2.15. The van der Waals surface area contributed by atoms with Crippen LogP contribution < -0.4 is 5.73 Å². The molecule has 2 N–H and O–H groups in total. The van der Waals surface area contributed by atoms with Crippen molar-refractivity contribution in [3.05, 3.63) is 51.8 Å². The van der Waals surface area contributed by atoms with Gasteiger partial charge >= 0.3 is 0 Å². The Morgan fingerprint density at radius 3 is 2.55 bits per heavy atom. The number of aryl methyl sites for hydroxylation is 1. The molecule has 0 fully saturated rings. The number of hydrogen-bond donors (Lipinski definition) is 1. The van der Waals surface area contributed by atoms with E-state index in [1.165, 1.54) is 4.68 Å². The van der Waals surface area contributed by atoms with Gasteiger partial charge in [0, 0.05) is 18.0 Å². The number of benzene rings is 1. The van der Waals surface area contributed by atoms with Crippen LogP contribution in [0.1, 0.15) is 40.2 Å². The summed E-state index contributed by atoms with van der Waals surface area (Å²) >= 11 is 5.86. The first-order valence-corrected chi connectivity index (χ1v) is 6.35. The van der Waals surface area contributed by atoms with E-state index in [0.717, 1.165) is 5.56 Å². The van der Waals surface area contributed by atoms with E-state index in [1.807, 2.05) is 25.1 Å².